The average Bonchev–Trinajstić information content (AvgIpc) is 3.38. The van der Waals surface area contributed by atoms with Crippen LogP contribution in [0.25, 0.3) is 11.2 Å². The average molecular weight is 359 g/mol. The molecule has 1 aromatic carbocycles. The van der Waals surface area contributed by atoms with E-state index in [0.717, 1.165) is 49.6 Å². The highest BCUT2D eigenvalue weighted by molar-refractivity contribution is 5.82. The quantitative estimate of drug-likeness (QED) is 0.606. The molecular weight excluding hydrogens is 338 g/mol. The van der Waals surface area contributed by atoms with Gasteiger partial charge in [-0.25, -0.2) is 19.9 Å². The molecule has 1 fully saturated rings. The Labute approximate surface area is 157 Å². The van der Waals surface area contributed by atoms with E-state index in [-0.39, 0.29) is 0 Å². The Kier molecular flexibility index (Phi) is 4.04. The smallest absolute Gasteiger partial charge is 0.182 e. The van der Waals surface area contributed by atoms with Crippen LogP contribution in [0.15, 0.2) is 55.4 Å². The molecule has 1 saturated heterocycles. The lowest BCUT2D eigenvalue weighted by Gasteiger charge is -2.33. The number of anilines is 1. The van der Waals surface area contributed by atoms with Crippen molar-refractivity contribution >= 4 is 17.0 Å². The topological polar surface area (TPSA) is 75.5 Å². The van der Waals surface area contributed by atoms with Gasteiger partial charge in [0.1, 0.15) is 17.7 Å². The largest absolute Gasteiger partial charge is 0.354 e. The van der Waals surface area contributed by atoms with E-state index in [1.807, 2.05) is 6.20 Å². The summed E-state index contributed by atoms with van der Waals surface area (Å²) in [5.74, 6) is 2.47. The summed E-state index contributed by atoms with van der Waals surface area (Å²) < 4.78 is 2.27. The Morgan fingerprint density at radius 3 is 2.93 bits per heavy atom. The molecule has 7 nitrogen and oxygen atoms in total. The minimum absolute atomic E-state index is 0.380. The van der Waals surface area contributed by atoms with Crippen molar-refractivity contribution in [1.82, 2.24) is 29.5 Å². The number of nitrogens with one attached hydrogen (secondary N) is 1. The molecule has 136 valence electrons. The normalized spacial score (nSPS) is 17.5. The fourth-order valence-corrected chi connectivity index (χ4v) is 3.97. The zero-order chi connectivity index (χ0) is 18.1. The van der Waals surface area contributed by atoms with Gasteiger partial charge in [0, 0.05) is 37.9 Å². The van der Waals surface area contributed by atoms with Gasteiger partial charge in [0.15, 0.2) is 11.5 Å². The van der Waals surface area contributed by atoms with Crippen LogP contribution in [-0.2, 0) is 6.54 Å². The van der Waals surface area contributed by atoms with Crippen molar-refractivity contribution in [2.75, 3.05) is 18.0 Å². The second-order valence-electron chi connectivity index (χ2n) is 6.98. The summed E-state index contributed by atoms with van der Waals surface area (Å²) in [5, 5.41) is 0. The maximum Gasteiger partial charge on any atom is 0.182 e. The van der Waals surface area contributed by atoms with Gasteiger partial charge in [0.2, 0.25) is 0 Å². The number of rotatable bonds is 4. The Balaban J connectivity index is 1.41. The van der Waals surface area contributed by atoms with Crippen LogP contribution in [0.5, 0.6) is 0 Å². The van der Waals surface area contributed by atoms with Gasteiger partial charge in [-0.15, -0.1) is 0 Å². The molecule has 1 N–H and O–H groups in total. The van der Waals surface area contributed by atoms with Crippen molar-refractivity contribution in [2.45, 2.75) is 25.3 Å². The van der Waals surface area contributed by atoms with E-state index in [9.17, 15) is 0 Å². The lowest BCUT2D eigenvalue weighted by atomic mass is 9.97. The van der Waals surface area contributed by atoms with Crippen molar-refractivity contribution in [3.63, 3.8) is 0 Å². The van der Waals surface area contributed by atoms with Gasteiger partial charge >= 0.3 is 0 Å². The Hall–Kier alpha value is -3.22. The lowest BCUT2D eigenvalue weighted by molar-refractivity contribution is 0.474. The molecule has 5 rings (SSSR count). The van der Waals surface area contributed by atoms with Crippen molar-refractivity contribution in [3.05, 3.63) is 66.8 Å². The molecule has 1 aliphatic rings. The van der Waals surface area contributed by atoms with E-state index in [1.165, 1.54) is 5.56 Å². The number of aromatic amines is 1. The van der Waals surface area contributed by atoms with Crippen LogP contribution >= 0.6 is 0 Å². The molecule has 0 spiro atoms. The Morgan fingerprint density at radius 1 is 1.07 bits per heavy atom. The monoisotopic (exact) mass is 359 g/mol. The van der Waals surface area contributed by atoms with Crippen LogP contribution in [-0.4, -0.2) is 42.6 Å². The standard InChI is InChI=1S/C20H21N7/c1-2-5-15(6-3-1)11-27-10-8-21-19(27)16-7-4-9-26(12-16)20-17-18(23-13-22-17)24-14-25-20/h1-3,5-6,8,10,13-14,16H,4,7,9,11-12H2,(H,22,23,24,25)/t16-/m1/s1. The molecule has 3 aromatic heterocycles. The SMILES string of the molecule is c1ccc(Cn2ccnc2[C@@H]2CCCN(c3ncnc4nc[nH]c34)C2)cc1. The maximum absolute atomic E-state index is 4.70. The van der Waals surface area contributed by atoms with Crippen LogP contribution in [0, 0.1) is 0 Å². The molecule has 0 saturated carbocycles. The fourth-order valence-electron chi connectivity index (χ4n) is 3.97. The summed E-state index contributed by atoms with van der Waals surface area (Å²) in [5.41, 5.74) is 2.91. The first-order valence-electron chi connectivity index (χ1n) is 9.32. The highest BCUT2D eigenvalue weighted by Crippen LogP contribution is 2.30. The molecule has 1 aliphatic heterocycles. The van der Waals surface area contributed by atoms with Gasteiger partial charge in [0.25, 0.3) is 0 Å². The summed E-state index contributed by atoms with van der Waals surface area (Å²) in [7, 11) is 0. The van der Waals surface area contributed by atoms with Crippen LogP contribution in [0.2, 0.25) is 0 Å². The third kappa shape index (κ3) is 3.05. The molecule has 0 radical (unpaired) electrons. The van der Waals surface area contributed by atoms with Crippen molar-refractivity contribution in [2.24, 2.45) is 0 Å². The van der Waals surface area contributed by atoms with Crippen molar-refractivity contribution < 1.29 is 0 Å². The first-order valence-corrected chi connectivity index (χ1v) is 9.32. The number of hydrogen-bond acceptors (Lipinski definition) is 5. The minimum Gasteiger partial charge on any atom is -0.354 e. The van der Waals surface area contributed by atoms with E-state index in [2.05, 4.69) is 65.9 Å². The second-order valence-corrected chi connectivity index (χ2v) is 6.98. The van der Waals surface area contributed by atoms with Crippen LogP contribution in [0.1, 0.15) is 30.1 Å². The summed E-state index contributed by atoms with van der Waals surface area (Å²) in [4.78, 5) is 23.2. The number of H-pyrrole nitrogens is 1. The van der Waals surface area contributed by atoms with E-state index >= 15 is 0 Å². The molecule has 0 aliphatic carbocycles. The number of benzene rings is 1. The number of nitrogens with zero attached hydrogens (tertiary/aromatic N) is 6. The number of fused-ring (bicyclic) bond motifs is 1. The van der Waals surface area contributed by atoms with E-state index in [1.54, 1.807) is 12.7 Å². The molecule has 4 aromatic rings. The van der Waals surface area contributed by atoms with E-state index in [0.29, 0.717) is 11.6 Å². The number of hydrogen-bond donors (Lipinski definition) is 1. The Morgan fingerprint density at radius 2 is 2.00 bits per heavy atom. The van der Waals surface area contributed by atoms with Crippen LogP contribution < -0.4 is 4.90 Å². The van der Waals surface area contributed by atoms with Gasteiger partial charge in [-0.05, 0) is 18.4 Å². The maximum atomic E-state index is 4.70. The summed E-state index contributed by atoms with van der Waals surface area (Å²) in [6.07, 6.45) is 9.52. The van der Waals surface area contributed by atoms with Gasteiger partial charge < -0.3 is 14.5 Å². The predicted octanol–water partition coefficient (Wildman–Crippen LogP) is 2.98. The summed E-state index contributed by atoms with van der Waals surface area (Å²) in [6.45, 7) is 2.74. The third-order valence-corrected chi connectivity index (χ3v) is 5.23. The molecule has 27 heavy (non-hydrogen) atoms. The highest BCUT2D eigenvalue weighted by Gasteiger charge is 2.27. The first-order chi connectivity index (χ1) is 13.4. The summed E-state index contributed by atoms with van der Waals surface area (Å²) >= 11 is 0. The number of imidazole rings is 2. The zero-order valence-electron chi connectivity index (χ0n) is 15.0. The van der Waals surface area contributed by atoms with Gasteiger partial charge in [-0.3, -0.25) is 0 Å². The number of piperidine rings is 1. The second kappa shape index (κ2) is 6.83. The van der Waals surface area contributed by atoms with Gasteiger partial charge in [-0.2, -0.15) is 0 Å². The van der Waals surface area contributed by atoms with E-state index in [4.69, 9.17) is 4.98 Å². The minimum atomic E-state index is 0.380. The zero-order valence-corrected chi connectivity index (χ0v) is 15.0. The van der Waals surface area contributed by atoms with Crippen molar-refractivity contribution in [1.29, 1.82) is 0 Å². The molecule has 7 heteroatoms. The number of aromatic nitrogens is 6. The van der Waals surface area contributed by atoms with Crippen LogP contribution in [0.3, 0.4) is 0 Å². The predicted molar refractivity (Wildman–Crippen MR) is 104 cm³/mol. The highest BCUT2D eigenvalue weighted by atomic mass is 15.2. The summed E-state index contributed by atoms with van der Waals surface area (Å²) in [6, 6.07) is 10.5. The molecular formula is C20H21N7. The van der Waals surface area contributed by atoms with Crippen LogP contribution in [0.4, 0.5) is 5.82 Å². The molecule has 0 bridgehead atoms. The Bertz CT molecular complexity index is 1040. The van der Waals surface area contributed by atoms with Gasteiger partial charge in [0.05, 0.1) is 6.33 Å². The first kappa shape index (κ1) is 16.0. The van der Waals surface area contributed by atoms with Gasteiger partial charge in [-0.1, -0.05) is 30.3 Å². The molecule has 4 heterocycles. The molecule has 1 atom stereocenters. The fraction of sp³-hybridized carbons (Fsp3) is 0.300. The third-order valence-electron chi connectivity index (χ3n) is 5.23. The molecule has 0 unspecified atom stereocenters. The van der Waals surface area contributed by atoms with Crippen molar-refractivity contribution in [3.8, 4) is 0 Å². The van der Waals surface area contributed by atoms with E-state index < -0.39 is 0 Å². The molecule has 0 amide bonds. The lowest BCUT2D eigenvalue weighted by Crippen LogP contribution is -2.36.